The molecule has 152 valence electrons. The van der Waals surface area contributed by atoms with Crippen molar-refractivity contribution < 1.29 is 9.09 Å². The predicted molar refractivity (Wildman–Crippen MR) is 120 cm³/mol. The Balaban J connectivity index is 1.78. The first-order valence-electron chi connectivity index (χ1n) is 9.78. The molecule has 3 rings (SSSR count). The van der Waals surface area contributed by atoms with E-state index in [1.54, 1.807) is 0 Å². The van der Waals surface area contributed by atoms with E-state index in [4.69, 9.17) is 10.3 Å². The number of nitrogen functional groups attached to an aromatic ring is 1. The Bertz CT molecular complexity index is 999. The first-order valence-corrected chi connectivity index (χ1v) is 11.8. The molecule has 1 unspecified atom stereocenters. The van der Waals surface area contributed by atoms with E-state index in [9.17, 15) is 4.57 Å². The van der Waals surface area contributed by atoms with Crippen molar-refractivity contribution in [2.45, 2.75) is 26.4 Å². The maximum Gasteiger partial charge on any atom is 0.207 e. The molecular formula is C22H27N4O2P. The fraction of sp³-hybridized carbons (Fsp3) is 0.273. The molecule has 0 radical (unpaired) electrons. The van der Waals surface area contributed by atoms with Crippen molar-refractivity contribution in [3.63, 3.8) is 0 Å². The zero-order valence-electron chi connectivity index (χ0n) is 16.8. The van der Waals surface area contributed by atoms with Crippen LogP contribution in [0.2, 0.25) is 0 Å². The fourth-order valence-electron chi connectivity index (χ4n) is 3.22. The number of hydrogen-bond donors (Lipinski definition) is 2. The van der Waals surface area contributed by atoms with Gasteiger partial charge in [-0.05, 0) is 43.2 Å². The molecule has 3 aromatic rings. The lowest BCUT2D eigenvalue weighted by molar-refractivity contribution is 0.332. The summed E-state index contributed by atoms with van der Waals surface area (Å²) in [5, 5.41) is 3.31. The number of nitrogens with zero attached hydrogens (tertiary/aromatic N) is 2. The highest BCUT2D eigenvalue weighted by Crippen LogP contribution is 2.50. The van der Waals surface area contributed by atoms with E-state index in [0.29, 0.717) is 30.4 Å². The molecule has 3 N–H and O–H groups in total. The molecule has 1 aromatic heterocycles. The molecule has 1 heterocycles. The largest absolute Gasteiger partial charge is 0.399 e. The molecule has 0 aliphatic heterocycles. The lowest BCUT2D eigenvalue weighted by Gasteiger charge is -2.17. The van der Waals surface area contributed by atoms with E-state index in [-0.39, 0.29) is 0 Å². The number of nitrogens with two attached hydrogens (primary N) is 1. The predicted octanol–water partition coefficient (Wildman–Crippen LogP) is 5.69. The summed E-state index contributed by atoms with van der Waals surface area (Å²) in [6, 6.07) is 17.3. The third-order valence-corrected chi connectivity index (χ3v) is 7.11. The van der Waals surface area contributed by atoms with Crippen LogP contribution in [-0.2, 0) is 15.3 Å². The van der Waals surface area contributed by atoms with Crippen LogP contribution in [0.3, 0.4) is 0 Å². The van der Waals surface area contributed by atoms with Crippen LogP contribution in [0.1, 0.15) is 25.8 Å². The summed E-state index contributed by atoms with van der Waals surface area (Å²) < 4.78 is 18.6. The maximum atomic E-state index is 13.0. The molecule has 0 aliphatic rings. The Morgan fingerprint density at radius 2 is 1.90 bits per heavy atom. The molecule has 0 fully saturated rings. The Hall–Kier alpha value is -2.69. The summed E-state index contributed by atoms with van der Waals surface area (Å²) in [7, 11) is -2.66. The number of rotatable bonds is 9. The van der Waals surface area contributed by atoms with Gasteiger partial charge in [0, 0.05) is 35.3 Å². The Morgan fingerprint density at radius 1 is 1.07 bits per heavy atom. The minimum atomic E-state index is -2.66. The maximum absolute atomic E-state index is 13.0. The lowest BCUT2D eigenvalue weighted by Crippen LogP contribution is -2.00. The minimum Gasteiger partial charge on any atom is -0.399 e. The van der Waals surface area contributed by atoms with Gasteiger partial charge in [0.25, 0.3) is 0 Å². The summed E-state index contributed by atoms with van der Waals surface area (Å²) >= 11 is 0. The first-order chi connectivity index (χ1) is 14.0. The highest BCUT2D eigenvalue weighted by Gasteiger charge is 2.22. The van der Waals surface area contributed by atoms with Crippen molar-refractivity contribution in [2.24, 2.45) is 0 Å². The second-order valence-electron chi connectivity index (χ2n) is 6.85. The van der Waals surface area contributed by atoms with Gasteiger partial charge in [0.2, 0.25) is 7.37 Å². The van der Waals surface area contributed by atoms with E-state index < -0.39 is 7.37 Å². The molecule has 0 bridgehead atoms. The smallest absolute Gasteiger partial charge is 0.207 e. The zero-order valence-corrected chi connectivity index (χ0v) is 17.7. The molecular weight excluding hydrogens is 383 g/mol. The molecule has 1 atom stereocenters. The summed E-state index contributed by atoms with van der Waals surface area (Å²) in [4.78, 5) is 8.65. The minimum absolute atomic E-state index is 0.433. The van der Waals surface area contributed by atoms with Gasteiger partial charge < -0.3 is 15.6 Å². The van der Waals surface area contributed by atoms with Crippen molar-refractivity contribution >= 4 is 24.6 Å². The highest BCUT2D eigenvalue weighted by molar-refractivity contribution is 7.58. The standard InChI is InChI=1S/C22H27N4O2P/c1-3-11-29(27,28-4-2)15-17-7-5-10-20(12-17)26-22-14-21(24-16-25-22)18-8-6-9-19(23)13-18/h5-10,12-14,16H,3-4,11,15,23H2,1-2H3,(H,24,25,26). The van der Waals surface area contributed by atoms with Crippen LogP contribution in [0, 0.1) is 0 Å². The molecule has 0 saturated carbocycles. The summed E-state index contributed by atoms with van der Waals surface area (Å²) in [5.41, 5.74) is 10.1. The van der Waals surface area contributed by atoms with Crippen molar-refractivity contribution in [1.29, 1.82) is 0 Å². The van der Waals surface area contributed by atoms with Crippen molar-refractivity contribution in [3.05, 3.63) is 66.5 Å². The van der Waals surface area contributed by atoms with Gasteiger partial charge in [-0.1, -0.05) is 31.2 Å². The average molecular weight is 410 g/mol. The van der Waals surface area contributed by atoms with Crippen LogP contribution in [0.15, 0.2) is 60.9 Å². The van der Waals surface area contributed by atoms with Crippen LogP contribution in [0.4, 0.5) is 17.2 Å². The summed E-state index contributed by atoms with van der Waals surface area (Å²) in [5.74, 6) is 0.677. The second-order valence-corrected chi connectivity index (χ2v) is 9.50. The topological polar surface area (TPSA) is 90.1 Å². The van der Waals surface area contributed by atoms with Crippen LogP contribution in [0.25, 0.3) is 11.3 Å². The second kappa shape index (κ2) is 9.68. The number of hydrogen-bond acceptors (Lipinski definition) is 6. The van der Waals surface area contributed by atoms with E-state index in [0.717, 1.165) is 28.9 Å². The third kappa shape index (κ3) is 5.89. The van der Waals surface area contributed by atoms with Gasteiger partial charge in [-0.15, -0.1) is 0 Å². The quantitative estimate of drug-likeness (QED) is 0.348. The fourth-order valence-corrected chi connectivity index (χ4v) is 5.50. The van der Waals surface area contributed by atoms with Crippen LogP contribution >= 0.6 is 7.37 Å². The Labute approximate surface area is 172 Å². The normalized spacial score (nSPS) is 13.0. The van der Waals surface area contributed by atoms with Crippen LogP contribution in [0.5, 0.6) is 0 Å². The van der Waals surface area contributed by atoms with Crippen molar-refractivity contribution in [1.82, 2.24) is 9.97 Å². The molecule has 0 amide bonds. The molecule has 6 nitrogen and oxygen atoms in total. The average Bonchev–Trinajstić information content (AvgIpc) is 2.69. The van der Waals surface area contributed by atoms with E-state index in [1.807, 2.05) is 68.4 Å². The van der Waals surface area contributed by atoms with Gasteiger partial charge in [0.15, 0.2) is 0 Å². The van der Waals surface area contributed by atoms with Gasteiger partial charge in [-0.25, -0.2) is 9.97 Å². The summed E-state index contributed by atoms with van der Waals surface area (Å²) in [6.45, 7) is 4.37. The first kappa shape index (κ1) is 21.0. The van der Waals surface area contributed by atoms with Crippen LogP contribution in [-0.4, -0.2) is 22.7 Å². The molecule has 0 spiro atoms. The van der Waals surface area contributed by atoms with Gasteiger partial charge in [-0.2, -0.15) is 0 Å². The van der Waals surface area contributed by atoms with E-state index in [1.165, 1.54) is 6.33 Å². The number of nitrogens with one attached hydrogen (secondary N) is 1. The third-order valence-electron chi connectivity index (χ3n) is 4.40. The van der Waals surface area contributed by atoms with Gasteiger partial charge in [0.1, 0.15) is 12.1 Å². The highest BCUT2D eigenvalue weighted by atomic mass is 31.2. The molecule has 2 aromatic carbocycles. The molecule has 29 heavy (non-hydrogen) atoms. The van der Waals surface area contributed by atoms with Crippen molar-refractivity contribution in [3.8, 4) is 11.3 Å². The summed E-state index contributed by atoms with van der Waals surface area (Å²) in [6.07, 6.45) is 3.38. The van der Waals surface area contributed by atoms with Gasteiger partial charge in [-0.3, -0.25) is 4.57 Å². The monoisotopic (exact) mass is 410 g/mol. The molecule has 0 saturated heterocycles. The van der Waals surface area contributed by atoms with Crippen molar-refractivity contribution in [2.75, 3.05) is 23.8 Å². The Morgan fingerprint density at radius 3 is 2.66 bits per heavy atom. The van der Waals surface area contributed by atoms with E-state index in [2.05, 4.69) is 15.3 Å². The SMILES string of the molecule is CCCP(=O)(Cc1cccc(Nc2cc(-c3cccc(N)c3)ncn2)c1)OCC. The van der Waals surface area contributed by atoms with E-state index >= 15 is 0 Å². The van der Waals surface area contributed by atoms with Crippen LogP contribution < -0.4 is 11.1 Å². The zero-order chi connectivity index (χ0) is 20.7. The molecule has 7 heteroatoms. The lowest BCUT2D eigenvalue weighted by atomic mass is 10.1. The number of benzene rings is 2. The molecule has 0 aliphatic carbocycles. The number of anilines is 3. The van der Waals surface area contributed by atoms with Gasteiger partial charge in [0.05, 0.1) is 12.3 Å². The number of aromatic nitrogens is 2. The Kier molecular flexibility index (Phi) is 7.02. The van der Waals surface area contributed by atoms with Gasteiger partial charge >= 0.3 is 0 Å².